The lowest BCUT2D eigenvalue weighted by molar-refractivity contribution is -0.138. The average Bonchev–Trinajstić information content (AvgIpc) is 2.67. The van der Waals surface area contributed by atoms with Gasteiger partial charge in [0.1, 0.15) is 0 Å². The second kappa shape index (κ2) is 7.56. The van der Waals surface area contributed by atoms with Crippen molar-refractivity contribution in [2.45, 2.75) is 87.8 Å². The maximum Gasteiger partial charge on any atom is 0.319 e. The first kappa shape index (κ1) is 19.9. The summed E-state index contributed by atoms with van der Waals surface area (Å²) in [4.78, 5) is 25.2. The standard InChI is InChI=1S/C24H33N3O3/c28-21(25-19-4-2-1-3-5-19)18-6-8-20(9-7-18)26-22(29)27-23-11-16-10-17(12-23)14-24(30,13-16)15-23/h6-9,16-17,19,30H,1-5,10-15H2,(H,25,28)(H2,26,27,29). The van der Waals surface area contributed by atoms with Crippen molar-refractivity contribution in [2.24, 2.45) is 11.8 Å². The highest BCUT2D eigenvalue weighted by Crippen LogP contribution is 2.57. The molecule has 0 aliphatic heterocycles. The molecule has 0 aromatic heterocycles. The van der Waals surface area contributed by atoms with Crippen LogP contribution in [0.15, 0.2) is 24.3 Å². The zero-order valence-electron chi connectivity index (χ0n) is 17.6. The fourth-order valence-electron chi connectivity index (χ4n) is 6.98. The summed E-state index contributed by atoms with van der Waals surface area (Å²) in [5, 5.41) is 20.1. The van der Waals surface area contributed by atoms with Gasteiger partial charge < -0.3 is 21.1 Å². The van der Waals surface area contributed by atoms with Crippen molar-refractivity contribution in [2.75, 3.05) is 5.32 Å². The van der Waals surface area contributed by atoms with Crippen LogP contribution in [-0.2, 0) is 0 Å². The first-order valence-corrected chi connectivity index (χ1v) is 11.6. The van der Waals surface area contributed by atoms with Gasteiger partial charge in [-0.3, -0.25) is 4.79 Å². The van der Waals surface area contributed by atoms with Crippen LogP contribution in [0, 0.1) is 11.8 Å². The summed E-state index contributed by atoms with van der Waals surface area (Å²) in [6.07, 6.45) is 11.3. The minimum atomic E-state index is -0.593. The Morgan fingerprint density at radius 1 is 0.933 bits per heavy atom. The van der Waals surface area contributed by atoms with Crippen LogP contribution in [0.2, 0.25) is 0 Å². The van der Waals surface area contributed by atoms with E-state index in [2.05, 4.69) is 16.0 Å². The Kier molecular flexibility index (Phi) is 5.00. The molecule has 5 fully saturated rings. The third-order valence-corrected chi connectivity index (χ3v) is 7.75. The molecule has 2 atom stereocenters. The molecule has 4 bridgehead atoms. The van der Waals surface area contributed by atoms with Gasteiger partial charge in [-0.2, -0.15) is 0 Å². The van der Waals surface area contributed by atoms with Gasteiger partial charge in [0.15, 0.2) is 0 Å². The molecule has 6 rings (SSSR count). The number of anilines is 1. The van der Waals surface area contributed by atoms with Gasteiger partial charge in [-0.15, -0.1) is 0 Å². The van der Waals surface area contributed by atoms with Gasteiger partial charge in [-0.25, -0.2) is 4.79 Å². The first-order chi connectivity index (χ1) is 14.4. The van der Waals surface area contributed by atoms with E-state index in [9.17, 15) is 14.7 Å². The minimum Gasteiger partial charge on any atom is -0.390 e. The maximum atomic E-state index is 12.7. The fourth-order valence-corrected chi connectivity index (χ4v) is 6.98. The molecule has 2 unspecified atom stereocenters. The lowest BCUT2D eigenvalue weighted by Gasteiger charge is -2.60. The first-order valence-electron chi connectivity index (χ1n) is 11.6. The monoisotopic (exact) mass is 411 g/mol. The number of rotatable bonds is 4. The van der Waals surface area contributed by atoms with Crippen LogP contribution in [0.4, 0.5) is 10.5 Å². The normalized spacial score (nSPS) is 35.1. The number of carbonyl (C=O) groups is 2. The third kappa shape index (κ3) is 4.07. The Bertz CT molecular complexity index is 801. The van der Waals surface area contributed by atoms with E-state index in [0.717, 1.165) is 38.5 Å². The number of urea groups is 1. The van der Waals surface area contributed by atoms with E-state index >= 15 is 0 Å². The summed E-state index contributed by atoms with van der Waals surface area (Å²) < 4.78 is 0. The Morgan fingerprint density at radius 2 is 1.60 bits per heavy atom. The van der Waals surface area contributed by atoms with Crippen molar-refractivity contribution in [1.29, 1.82) is 0 Å². The lowest BCUT2D eigenvalue weighted by atomic mass is 9.51. The number of benzene rings is 1. The summed E-state index contributed by atoms with van der Waals surface area (Å²) in [5.41, 5.74) is 0.424. The van der Waals surface area contributed by atoms with Crippen LogP contribution >= 0.6 is 0 Å². The summed E-state index contributed by atoms with van der Waals surface area (Å²) in [6, 6.07) is 7.15. The molecule has 1 aromatic rings. The molecule has 1 aromatic carbocycles. The quantitative estimate of drug-likeness (QED) is 0.605. The molecular formula is C24H33N3O3. The van der Waals surface area contributed by atoms with Crippen molar-refractivity contribution in [3.63, 3.8) is 0 Å². The molecule has 30 heavy (non-hydrogen) atoms. The van der Waals surface area contributed by atoms with E-state index < -0.39 is 5.60 Å². The van der Waals surface area contributed by atoms with Gasteiger partial charge in [0, 0.05) is 22.8 Å². The second-order valence-electron chi connectivity index (χ2n) is 10.4. The molecule has 5 saturated carbocycles. The number of aliphatic hydroxyl groups is 1. The van der Waals surface area contributed by atoms with Crippen LogP contribution in [0.1, 0.15) is 81.0 Å². The van der Waals surface area contributed by atoms with Crippen LogP contribution in [-0.4, -0.2) is 34.2 Å². The molecule has 0 heterocycles. The van der Waals surface area contributed by atoms with E-state index in [4.69, 9.17) is 0 Å². The Morgan fingerprint density at radius 3 is 2.23 bits per heavy atom. The number of hydrogen-bond acceptors (Lipinski definition) is 3. The molecule has 5 aliphatic rings. The van der Waals surface area contributed by atoms with Gasteiger partial charge in [-0.1, -0.05) is 19.3 Å². The fraction of sp³-hybridized carbons (Fsp3) is 0.667. The van der Waals surface area contributed by atoms with Crippen molar-refractivity contribution in [3.8, 4) is 0 Å². The SMILES string of the molecule is O=C(Nc1ccc(C(=O)NC2CCCCC2)cc1)NC12CC3CC(CC(O)(C3)C1)C2. The Hall–Kier alpha value is -2.08. The largest absolute Gasteiger partial charge is 0.390 e. The zero-order chi connectivity index (χ0) is 20.8. The number of nitrogens with one attached hydrogen (secondary N) is 3. The van der Waals surface area contributed by atoms with Crippen LogP contribution in [0.25, 0.3) is 0 Å². The summed E-state index contributed by atoms with van der Waals surface area (Å²) >= 11 is 0. The summed E-state index contributed by atoms with van der Waals surface area (Å²) in [5.74, 6) is 1.01. The van der Waals surface area contributed by atoms with Gasteiger partial charge in [0.25, 0.3) is 5.91 Å². The van der Waals surface area contributed by atoms with Crippen molar-refractivity contribution in [3.05, 3.63) is 29.8 Å². The van der Waals surface area contributed by atoms with Crippen LogP contribution in [0.5, 0.6) is 0 Å². The molecule has 0 radical (unpaired) electrons. The van der Waals surface area contributed by atoms with Gasteiger partial charge in [0.05, 0.1) is 5.60 Å². The maximum absolute atomic E-state index is 12.7. The molecule has 4 N–H and O–H groups in total. The predicted molar refractivity (Wildman–Crippen MR) is 115 cm³/mol. The number of hydrogen-bond donors (Lipinski definition) is 4. The van der Waals surface area contributed by atoms with Gasteiger partial charge in [-0.05, 0) is 87.5 Å². The molecule has 162 valence electrons. The van der Waals surface area contributed by atoms with E-state index in [1.165, 1.54) is 25.7 Å². The molecule has 0 saturated heterocycles. The molecule has 5 aliphatic carbocycles. The molecule has 6 heteroatoms. The second-order valence-corrected chi connectivity index (χ2v) is 10.4. The van der Waals surface area contributed by atoms with Crippen molar-refractivity contribution < 1.29 is 14.7 Å². The molecular weight excluding hydrogens is 378 g/mol. The topological polar surface area (TPSA) is 90.5 Å². The van der Waals surface area contributed by atoms with E-state index in [1.54, 1.807) is 24.3 Å². The predicted octanol–water partition coefficient (Wildman–Crippen LogP) is 3.95. The third-order valence-electron chi connectivity index (χ3n) is 7.75. The van der Waals surface area contributed by atoms with E-state index in [0.29, 0.717) is 29.5 Å². The summed E-state index contributed by atoms with van der Waals surface area (Å²) in [6.45, 7) is 0. The minimum absolute atomic E-state index is 0.0419. The van der Waals surface area contributed by atoms with E-state index in [-0.39, 0.29) is 23.5 Å². The van der Waals surface area contributed by atoms with Gasteiger partial charge >= 0.3 is 6.03 Å². The average molecular weight is 412 g/mol. The molecule has 0 spiro atoms. The zero-order valence-corrected chi connectivity index (χ0v) is 17.6. The van der Waals surface area contributed by atoms with Crippen molar-refractivity contribution in [1.82, 2.24) is 10.6 Å². The van der Waals surface area contributed by atoms with Gasteiger partial charge in [0.2, 0.25) is 0 Å². The molecule has 6 nitrogen and oxygen atoms in total. The molecule has 3 amide bonds. The van der Waals surface area contributed by atoms with Crippen molar-refractivity contribution >= 4 is 17.6 Å². The lowest BCUT2D eigenvalue weighted by Crippen LogP contribution is -2.65. The Labute approximate surface area is 178 Å². The van der Waals surface area contributed by atoms with Crippen LogP contribution < -0.4 is 16.0 Å². The number of carbonyl (C=O) groups excluding carboxylic acids is 2. The highest BCUT2D eigenvalue weighted by molar-refractivity contribution is 5.95. The van der Waals surface area contributed by atoms with E-state index in [1.807, 2.05) is 0 Å². The number of amides is 3. The highest BCUT2D eigenvalue weighted by atomic mass is 16.3. The summed E-state index contributed by atoms with van der Waals surface area (Å²) in [7, 11) is 0. The van der Waals surface area contributed by atoms with Crippen LogP contribution in [0.3, 0.4) is 0 Å². The smallest absolute Gasteiger partial charge is 0.319 e. The highest BCUT2D eigenvalue weighted by Gasteiger charge is 2.57. The Balaban J connectivity index is 1.17.